The molecule has 41 heavy (non-hydrogen) atoms. The molecule has 208 valence electrons. The summed E-state index contributed by atoms with van der Waals surface area (Å²) in [4.78, 5) is 50.4. The van der Waals surface area contributed by atoms with Crippen LogP contribution in [0.15, 0.2) is 82.0 Å². The second-order valence-electron chi connectivity index (χ2n) is 9.40. The molecule has 0 aliphatic rings. The molecule has 0 atom stereocenters. The molecule has 0 aliphatic heterocycles. The molecule has 2 heterocycles. The van der Waals surface area contributed by atoms with E-state index in [-0.39, 0.29) is 23.6 Å². The van der Waals surface area contributed by atoms with E-state index in [0.29, 0.717) is 22.2 Å². The fourth-order valence-electron chi connectivity index (χ4n) is 4.37. The number of Topliss-reactive ketones (excluding diaryl/α,β-unsaturated/α-hetero) is 1. The van der Waals surface area contributed by atoms with Gasteiger partial charge in [-0.3, -0.25) is 19.2 Å². The van der Waals surface area contributed by atoms with Gasteiger partial charge in [-0.2, -0.15) is 0 Å². The van der Waals surface area contributed by atoms with Crippen molar-refractivity contribution in [3.05, 3.63) is 100 Å². The molecule has 0 amide bonds. The minimum Gasteiger partial charge on any atom is -0.489 e. The number of ketones is 1. The lowest BCUT2D eigenvalue weighted by Crippen LogP contribution is -2.43. The summed E-state index contributed by atoms with van der Waals surface area (Å²) in [5, 5.41) is 28.3. The Morgan fingerprint density at radius 1 is 0.976 bits per heavy atom. The SMILES string of the molecule is O=C(CC(CCn1nnc2ccccc2c1=O)(C(=O)O)C(=O)O)c1cc2cc(OCc3ccc(F)cc3)ccc2o1. The first kappa shape index (κ1) is 27.2. The molecule has 3 aromatic carbocycles. The van der Waals surface area contributed by atoms with Gasteiger partial charge in [0.25, 0.3) is 5.56 Å². The third kappa shape index (κ3) is 5.53. The molecule has 0 fully saturated rings. The zero-order valence-electron chi connectivity index (χ0n) is 21.3. The molecular formula is C29H22FN3O8. The summed E-state index contributed by atoms with van der Waals surface area (Å²) >= 11 is 0. The fourth-order valence-corrected chi connectivity index (χ4v) is 4.37. The summed E-state index contributed by atoms with van der Waals surface area (Å²) in [6.45, 7) is -0.239. The van der Waals surface area contributed by atoms with Gasteiger partial charge in [0.1, 0.15) is 29.3 Å². The zero-order chi connectivity index (χ0) is 29.1. The molecule has 0 aliphatic carbocycles. The largest absolute Gasteiger partial charge is 0.489 e. The maximum absolute atomic E-state index is 13.1. The highest BCUT2D eigenvalue weighted by Crippen LogP contribution is 2.32. The summed E-state index contributed by atoms with van der Waals surface area (Å²) in [5.74, 6) is -4.49. The average molecular weight is 560 g/mol. The molecule has 2 aromatic heterocycles. The number of aliphatic carboxylic acids is 2. The van der Waals surface area contributed by atoms with Crippen LogP contribution in [0.3, 0.4) is 0 Å². The van der Waals surface area contributed by atoms with Crippen LogP contribution >= 0.6 is 0 Å². The number of rotatable bonds is 11. The van der Waals surface area contributed by atoms with Gasteiger partial charge in [-0.1, -0.05) is 29.5 Å². The van der Waals surface area contributed by atoms with Crippen LogP contribution in [0.1, 0.15) is 29.0 Å². The van der Waals surface area contributed by atoms with E-state index in [9.17, 15) is 33.8 Å². The number of carboxylic acid groups (broad SMARTS) is 2. The van der Waals surface area contributed by atoms with Crippen molar-refractivity contribution in [2.75, 3.05) is 0 Å². The number of carboxylic acids is 2. The van der Waals surface area contributed by atoms with E-state index >= 15 is 0 Å². The number of benzene rings is 3. The maximum atomic E-state index is 13.1. The van der Waals surface area contributed by atoms with Gasteiger partial charge in [0.05, 0.1) is 5.39 Å². The molecule has 12 heteroatoms. The number of ether oxygens (including phenoxy) is 1. The van der Waals surface area contributed by atoms with E-state index in [0.717, 1.165) is 10.2 Å². The number of nitrogens with zero attached hydrogens (tertiary/aromatic N) is 3. The molecule has 0 unspecified atom stereocenters. The summed E-state index contributed by atoms with van der Waals surface area (Å²) in [6.07, 6.45) is -1.54. The number of carbonyl (C=O) groups is 3. The first-order chi connectivity index (χ1) is 19.7. The Hall–Kier alpha value is -5.39. The minimum atomic E-state index is -2.56. The Kier molecular flexibility index (Phi) is 7.30. The maximum Gasteiger partial charge on any atom is 0.321 e. The number of fused-ring (bicyclic) bond motifs is 2. The number of aryl methyl sites for hydroxylation is 1. The first-order valence-electron chi connectivity index (χ1n) is 12.4. The second-order valence-corrected chi connectivity index (χ2v) is 9.40. The summed E-state index contributed by atoms with van der Waals surface area (Å²) in [7, 11) is 0. The first-order valence-corrected chi connectivity index (χ1v) is 12.4. The van der Waals surface area contributed by atoms with E-state index in [2.05, 4.69) is 10.3 Å². The van der Waals surface area contributed by atoms with Gasteiger partial charge in [0, 0.05) is 18.4 Å². The standard InChI is InChI=1S/C29H22FN3O8/c30-19-7-5-17(6-8-19)16-40-20-9-10-24-18(13-20)14-25(41-24)23(34)15-29(27(36)37,28(38)39)11-12-33-26(35)21-3-1-2-4-22(21)31-32-33/h1-10,13-14H,11-12,15-16H2,(H,36,37)(H,38,39). The van der Waals surface area contributed by atoms with Gasteiger partial charge in [-0.05, 0) is 60.5 Å². The number of aromatic nitrogens is 3. The van der Waals surface area contributed by atoms with Crippen molar-refractivity contribution in [3.8, 4) is 5.75 Å². The highest BCUT2D eigenvalue weighted by molar-refractivity contribution is 6.06. The van der Waals surface area contributed by atoms with Crippen LogP contribution in [0, 0.1) is 11.2 Å². The molecule has 0 bridgehead atoms. The molecule has 0 saturated heterocycles. The Balaban J connectivity index is 1.34. The summed E-state index contributed by atoms with van der Waals surface area (Å²) < 4.78 is 25.3. The highest BCUT2D eigenvalue weighted by atomic mass is 19.1. The number of carbonyl (C=O) groups excluding carboxylic acids is 1. The van der Waals surface area contributed by atoms with Gasteiger partial charge in [0.15, 0.2) is 17.0 Å². The van der Waals surface area contributed by atoms with Crippen molar-refractivity contribution < 1.29 is 38.1 Å². The highest BCUT2D eigenvalue weighted by Gasteiger charge is 2.48. The van der Waals surface area contributed by atoms with Crippen molar-refractivity contribution in [1.29, 1.82) is 0 Å². The monoisotopic (exact) mass is 559 g/mol. The fraction of sp³-hybridized carbons (Fsp3) is 0.172. The van der Waals surface area contributed by atoms with Crippen LogP contribution in [-0.2, 0) is 22.7 Å². The minimum absolute atomic E-state index is 0.167. The van der Waals surface area contributed by atoms with E-state index in [1.807, 2.05) is 0 Å². The lowest BCUT2D eigenvalue weighted by Gasteiger charge is -2.23. The second kappa shape index (κ2) is 11.0. The van der Waals surface area contributed by atoms with E-state index < -0.39 is 48.1 Å². The van der Waals surface area contributed by atoms with Crippen LogP contribution in [0.4, 0.5) is 4.39 Å². The number of hydrogen-bond donors (Lipinski definition) is 2. The number of halogens is 1. The Morgan fingerprint density at radius 2 is 1.71 bits per heavy atom. The van der Waals surface area contributed by atoms with Crippen LogP contribution in [-0.4, -0.2) is 42.9 Å². The predicted molar refractivity (Wildman–Crippen MR) is 142 cm³/mol. The Morgan fingerprint density at radius 3 is 2.44 bits per heavy atom. The quantitative estimate of drug-likeness (QED) is 0.178. The van der Waals surface area contributed by atoms with Crippen molar-refractivity contribution in [2.45, 2.75) is 26.0 Å². The lowest BCUT2D eigenvalue weighted by molar-refractivity contribution is -0.165. The van der Waals surface area contributed by atoms with Crippen molar-refractivity contribution >= 4 is 39.6 Å². The third-order valence-electron chi connectivity index (χ3n) is 6.74. The van der Waals surface area contributed by atoms with Crippen LogP contribution in [0.2, 0.25) is 0 Å². The molecule has 0 radical (unpaired) electrons. The predicted octanol–water partition coefficient (Wildman–Crippen LogP) is 4.07. The summed E-state index contributed by atoms with van der Waals surface area (Å²) in [5.41, 5.74) is -1.75. The average Bonchev–Trinajstić information content (AvgIpc) is 3.39. The summed E-state index contributed by atoms with van der Waals surface area (Å²) in [6, 6.07) is 18.3. The van der Waals surface area contributed by atoms with Crippen molar-refractivity contribution in [3.63, 3.8) is 0 Å². The van der Waals surface area contributed by atoms with Crippen molar-refractivity contribution in [2.24, 2.45) is 5.41 Å². The van der Waals surface area contributed by atoms with E-state index in [1.54, 1.807) is 48.5 Å². The van der Waals surface area contributed by atoms with Gasteiger partial charge in [-0.15, -0.1) is 5.10 Å². The van der Waals surface area contributed by atoms with Gasteiger partial charge >= 0.3 is 11.9 Å². The normalized spacial score (nSPS) is 11.5. The van der Waals surface area contributed by atoms with Crippen LogP contribution in [0.5, 0.6) is 5.75 Å². The Bertz CT molecular complexity index is 1830. The molecule has 0 saturated carbocycles. The molecule has 5 rings (SSSR count). The van der Waals surface area contributed by atoms with Crippen LogP contribution in [0.25, 0.3) is 21.9 Å². The smallest absolute Gasteiger partial charge is 0.321 e. The number of hydrogen-bond acceptors (Lipinski definition) is 8. The van der Waals surface area contributed by atoms with E-state index in [1.165, 1.54) is 24.3 Å². The van der Waals surface area contributed by atoms with Crippen molar-refractivity contribution in [1.82, 2.24) is 15.0 Å². The van der Waals surface area contributed by atoms with E-state index in [4.69, 9.17) is 9.15 Å². The third-order valence-corrected chi connectivity index (χ3v) is 6.74. The lowest BCUT2D eigenvalue weighted by atomic mass is 9.79. The topological polar surface area (TPSA) is 162 Å². The molecule has 2 N–H and O–H groups in total. The molecule has 11 nitrogen and oxygen atoms in total. The Labute approximate surface area is 230 Å². The van der Waals surface area contributed by atoms with Gasteiger partial charge < -0.3 is 19.4 Å². The molecule has 5 aromatic rings. The van der Waals surface area contributed by atoms with Crippen LogP contribution < -0.4 is 10.3 Å². The molecular weight excluding hydrogens is 537 g/mol. The van der Waals surface area contributed by atoms with Gasteiger partial charge in [-0.25, -0.2) is 9.07 Å². The van der Waals surface area contributed by atoms with Gasteiger partial charge in [0.2, 0.25) is 0 Å². The number of furan rings is 1. The zero-order valence-corrected chi connectivity index (χ0v) is 21.3. The molecule has 0 spiro atoms.